The van der Waals surface area contributed by atoms with Gasteiger partial charge in [0, 0.05) is 42.5 Å². The van der Waals surface area contributed by atoms with Gasteiger partial charge in [0.25, 0.3) is 5.91 Å². The van der Waals surface area contributed by atoms with E-state index in [9.17, 15) is 9.59 Å². The molecule has 1 saturated heterocycles. The summed E-state index contributed by atoms with van der Waals surface area (Å²) in [7, 11) is 1.97. The predicted octanol–water partition coefficient (Wildman–Crippen LogP) is 3.63. The molecule has 0 unspecified atom stereocenters. The molecule has 0 aliphatic carbocycles. The maximum absolute atomic E-state index is 13.4. The van der Waals surface area contributed by atoms with Gasteiger partial charge in [-0.3, -0.25) is 14.5 Å². The summed E-state index contributed by atoms with van der Waals surface area (Å²) >= 11 is 6.42. The van der Waals surface area contributed by atoms with Gasteiger partial charge in [0.1, 0.15) is 6.04 Å². The van der Waals surface area contributed by atoms with Gasteiger partial charge in [0.15, 0.2) is 0 Å². The molecule has 1 aromatic heterocycles. The Morgan fingerprint density at radius 1 is 1.22 bits per heavy atom. The van der Waals surface area contributed by atoms with Crippen molar-refractivity contribution < 1.29 is 14.3 Å². The molecule has 32 heavy (non-hydrogen) atoms. The smallest absolute Gasteiger partial charge is 0.310 e. The number of esters is 1. The number of hydrazone groups is 1. The Labute approximate surface area is 193 Å². The number of aryl methyl sites for hydroxylation is 1. The summed E-state index contributed by atoms with van der Waals surface area (Å²) < 4.78 is 7.21. The molecular formula is C24H29ClN4O3. The first kappa shape index (κ1) is 22.6. The van der Waals surface area contributed by atoms with E-state index < -0.39 is 0 Å². The van der Waals surface area contributed by atoms with Gasteiger partial charge < -0.3 is 9.30 Å². The molecule has 170 valence electrons. The van der Waals surface area contributed by atoms with Gasteiger partial charge in [-0.15, -0.1) is 0 Å². The Balaban J connectivity index is 1.54. The molecule has 1 amide bonds. The van der Waals surface area contributed by atoms with E-state index in [-0.39, 0.29) is 30.4 Å². The number of aromatic nitrogens is 1. The van der Waals surface area contributed by atoms with Crippen molar-refractivity contribution in [2.45, 2.75) is 32.2 Å². The lowest BCUT2D eigenvalue weighted by atomic mass is 9.98. The molecule has 2 aromatic rings. The molecule has 0 bridgehead atoms. The highest BCUT2D eigenvalue weighted by Gasteiger charge is 2.36. The van der Waals surface area contributed by atoms with Crippen LogP contribution in [0.3, 0.4) is 0 Å². The maximum atomic E-state index is 13.4. The Bertz CT molecular complexity index is 1020. The molecule has 7 nitrogen and oxygen atoms in total. The molecule has 1 aromatic carbocycles. The van der Waals surface area contributed by atoms with E-state index in [0.29, 0.717) is 24.6 Å². The summed E-state index contributed by atoms with van der Waals surface area (Å²) in [4.78, 5) is 27.6. The third-order valence-electron chi connectivity index (χ3n) is 6.16. The summed E-state index contributed by atoms with van der Waals surface area (Å²) in [6, 6.07) is 11.4. The first-order valence-electron chi connectivity index (χ1n) is 11.1. The minimum atomic E-state index is -0.195. The largest absolute Gasteiger partial charge is 0.466 e. The van der Waals surface area contributed by atoms with Crippen molar-refractivity contribution in [1.29, 1.82) is 0 Å². The molecular weight excluding hydrogens is 428 g/mol. The lowest BCUT2D eigenvalue weighted by Crippen LogP contribution is -2.45. The van der Waals surface area contributed by atoms with E-state index in [1.54, 1.807) is 5.01 Å². The topological polar surface area (TPSA) is 67.1 Å². The van der Waals surface area contributed by atoms with Crippen molar-refractivity contribution in [1.82, 2.24) is 14.5 Å². The molecule has 0 N–H and O–H groups in total. The predicted molar refractivity (Wildman–Crippen MR) is 123 cm³/mol. The highest BCUT2D eigenvalue weighted by Crippen LogP contribution is 2.34. The van der Waals surface area contributed by atoms with Crippen molar-refractivity contribution in [2.24, 2.45) is 18.1 Å². The molecule has 0 saturated carbocycles. The zero-order valence-corrected chi connectivity index (χ0v) is 19.3. The second-order valence-corrected chi connectivity index (χ2v) is 8.76. The number of likely N-dealkylation sites (tertiary alicyclic amines) is 1. The summed E-state index contributed by atoms with van der Waals surface area (Å²) in [5.41, 5.74) is 2.68. The summed E-state index contributed by atoms with van der Waals surface area (Å²) in [5.74, 6) is -0.435. The number of hydrogen-bond donors (Lipinski definition) is 0. The molecule has 0 radical (unpaired) electrons. The number of ether oxygens (including phenoxy) is 1. The average Bonchev–Trinajstić information content (AvgIpc) is 3.40. The quantitative estimate of drug-likeness (QED) is 0.622. The fourth-order valence-electron chi connectivity index (χ4n) is 4.56. The SMILES string of the molecule is CCOC(=O)[C@@H]1CCCN(CC(=O)N2N=C(c3ccccc3Cl)C[C@@H]2c2cccn2C)C1. The van der Waals surface area contributed by atoms with Gasteiger partial charge in [0.2, 0.25) is 0 Å². The van der Waals surface area contributed by atoms with Crippen LogP contribution < -0.4 is 0 Å². The number of amides is 1. The summed E-state index contributed by atoms with van der Waals surface area (Å²) in [5, 5.41) is 6.95. The van der Waals surface area contributed by atoms with E-state index >= 15 is 0 Å². The second kappa shape index (κ2) is 9.88. The van der Waals surface area contributed by atoms with Gasteiger partial charge in [-0.1, -0.05) is 29.8 Å². The number of hydrogen-bond acceptors (Lipinski definition) is 5. The number of rotatable bonds is 6. The molecule has 0 spiro atoms. The molecule has 2 aliphatic heterocycles. The van der Waals surface area contributed by atoms with E-state index in [0.717, 1.165) is 36.4 Å². The Morgan fingerprint density at radius 2 is 2.03 bits per heavy atom. The monoisotopic (exact) mass is 456 g/mol. The number of piperidine rings is 1. The zero-order valence-electron chi connectivity index (χ0n) is 18.5. The molecule has 1 fully saturated rings. The standard InChI is InChI=1S/C24H29ClN4O3/c1-3-32-24(31)17-8-6-13-28(15-17)16-23(30)29-22(21-11-7-12-27(21)2)14-20(26-29)18-9-4-5-10-19(18)25/h4-5,7,9-12,17,22H,3,6,8,13-16H2,1-2H3/t17-,22-/m1/s1. The van der Waals surface area contributed by atoms with Gasteiger partial charge in [0.05, 0.1) is 24.8 Å². The number of carbonyl (C=O) groups excluding carboxylic acids is 2. The van der Waals surface area contributed by atoms with Crippen LogP contribution in [0.15, 0.2) is 47.7 Å². The first-order chi connectivity index (χ1) is 15.5. The van der Waals surface area contributed by atoms with Crippen LogP contribution >= 0.6 is 11.6 Å². The van der Waals surface area contributed by atoms with E-state index in [1.807, 2.05) is 66.0 Å². The summed E-state index contributed by atoms with van der Waals surface area (Å²) in [6.07, 6.45) is 4.24. The minimum absolute atomic E-state index is 0.0808. The van der Waals surface area contributed by atoms with Crippen LogP contribution in [0.1, 0.15) is 43.5 Å². The lowest BCUT2D eigenvalue weighted by molar-refractivity contribution is -0.150. The van der Waals surface area contributed by atoms with Crippen LogP contribution in [0.5, 0.6) is 0 Å². The molecule has 2 atom stereocenters. The summed E-state index contributed by atoms with van der Waals surface area (Å²) in [6.45, 7) is 3.73. The molecule has 2 aliphatic rings. The number of benzene rings is 1. The minimum Gasteiger partial charge on any atom is -0.466 e. The molecule has 4 rings (SSSR count). The second-order valence-electron chi connectivity index (χ2n) is 8.36. The van der Waals surface area contributed by atoms with Crippen LogP contribution in [0, 0.1) is 5.92 Å². The van der Waals surface area contributed by atoms with Crippen molar-refractivity contribution in [3.05, 3.63) is 58.9 Å². The third kappa shape index (κ3) is 4.74. The lowest BCUT2D eigenvalue weighted by Gasteiger charge is -2.32. The highest BCUT2D eigenvalue weighted by molar-refractivity contribution is 6.34. The van der Waals surface area contributed by atoms with Crippen molar-refractivity contribution in [3.8, 4) is 0 Å². The number of halogens is 1. The van der Waals surface area contributed by atoms with Gasteiger partial charge in [-0.25, -0.2) is 5.01 Å². The fraction of sp³-hybridized carbons (Fsp3) is 0.458. The average molecular weight is 457 g/mol. The number of carbonyl (C=O) groups is 2. The van der Waals surface area contributed by atoms with Gasteiger partial charge >= 0.3 is 5.97 Å². The normalized spacial score (nSPS) is 21.5. The van der Waals surface area contributed by atoms with Crippen molar-refractivity contribution in [2.75, 3.05) is 26.2 Å². The van der Waals surface area contributed by atoms with Gasteiger partial charge in [-0.2, -0.15) is 5.10 Å². The Hall–Kier alpha value is -2.64. The van der Waals surface area contributed by atoms with Crippen molar-refractivity contribution in [3.63, 3.8) is 0 Å². The fourth-order valence-corrected chi connectivity index (χ4v) is 4.81. The molecule has 3 heterocycles. The highest BCUT2D eigenvalue weighted by atomic mass is 35.5. The van der Waals surface area contributed by atoms with Crippen LogP contribution in [0.25, 0.3) is 0 Å². The Morgan fingerprint density at radius 3 is 2.75 bits per heavy atom. The van der Waals surface area contributed by atoms with E-state index in [2.05, 4.69) is 0 Å². The number of nitrogens with zero attached hydrogens (tertiary/aromatic N) is 4. The van der Waals surface area contributed by atoms with Crippen LogP contribution in [0.2, 0.25) is 5.02 Å². The van der Waals surface area contributed by atoms with E-state index in [1.165, 1.54) is 0 Å². The maximum Gasteiger partial charge on any atom is 0.310 e. The van der Waals surface area contributed by atoms with Gasteiger partial charge in [-0.05, 0) is 44.5 Å². The Kier molecular flexibility index (Phi) is 6.96. The van der Waals surface area contributed by atoms with Crippen LogP contribution in [-0.4, -0.2) is 58.3 Å². The van der Waals surface area contributed by atoms with Crippen molar-refractivity contribution >= 4 is 29.2 Å². The van der Waals surface area contributed by atoms with Crippen LogP contribution in [0.4, 0.5) is 0 Å². The van der Waals surface area contributed by atoms with E-state index in [4.69, 9.17) is 21.4 Å². The van der Waals surface area contributed by atoms with Crippen LogP contribution in [-0.2, 0) is 21.4 Å². The third-order valence-corrected chi connectivity index (χ3v) is 6.49. The first-order valence-corrected chi connectivity index (χ1v) is 11.5. The molecule has 8 heteroatoms. The zero-order chi connectivity index (χ0) is 22.7.